The topological polar surface area (TPSA) is 142 Å². The Labute approximate surface area is 247 Å². The van der Waals surface area contributed by atoms with Crippen molar-refractivity contribution in [2.24, 2.45) is 0 Å². The predicted octanol–water partition coefficient (Wildman–Crippen LogP) is 5.47. The lowest BCUT2D eigenvalue weighted by molar-refractivity contribution is -0.0870. The van der Waals surface area contributed by atoms with Crippen molar-refractivity contribution < 1.29 is 28.3 Å². The number of nitrogens with one attached hydrogen (secondary N) is 1. The summed E-state index contributed by atoms with van der Waals surface area (Å²) in [5.74, 6) is -0.704. The summed E-state index contributed by atoms with van der Waals surface area (Å²) in [5, 5.41) is 23.4. The van der Waals surface area contributed by atoms with Gasteiger partial charge in [-0.3, -0.25) is 10.0 Å². The van der Waals surface area contributed by atoms with E-state index in [-0.39, 0.29) is 28.4 Å². The van der Waals surface area contributed by atoms with Crippen molar-refractivity contribution in [1.82, 2.24) is 19.3 Å². The van der Waals surface area contributed by atoms with Crippen LogP contribution in [0.1, 0.15) is 15.2 Å². The van der Waals surface area contributed by atoms with E-state index in [1.807, 2.05) is 30.3 Å². The van der Waals surface area contributed by atoms with Crippen LogP contribution in [0.3, 0.4) is 0 Å². The summed E-state index contributed by atoms with van der Waals surface area (Å²) < 4.78 is 28.2. The number of fused-ring (bicyclic) bond motifs is 1. The number of nitrogens with zero attached hydrogens (tertiary/aromatic N) is 3. The van der Waals surface area contributed by atoms with Gasteiger partial charge in [-0.2, -0.15) is 0 Å². The lowest BCUT2D eigenvalue weighted by Gasteiger charge is -2.25. The van der Waals surface area contributed by atoms with Crippen molar-refractivity contribution in [3.63, 3.8) is 0 Å². The zero-order valence-corrected chi connectivity index (χ0v) is 24.4. The zero-order chi connectivity index (χ0) is 29.1. The molecule has 0 aliphatic carbocycles. The molecule has 0 saturated heterocycles. The van der Waals surface area contributed by atoms with Gasteiger partial charge in [0.05, 0.1) is 20.7 Å². The molecule has 41 heavy (non-hydrogen) atoms. The molecule has 1 unspecified atom stereocenters. The lowest BCUT2D eigenvalue weighted by Crippen LogP contribution is -2.46. The smallest absolute Gasteiger partial charge is 0.404 e. The number of benzene rings is 2. The quantitative estimate of drug-likeness (QED) is 0.141. The van der Waals surface area contributed by atoms with Crippen molar-refractivity contribution in [1.29, 1.82) is 0 Å². The highest BCUT2D eigenvalue weighted by Crippen LogP contribution is 2.40. The molecule has 0 aliphatic heterocycles. The third-order valence-corrected chi connectivity index (χ3v) is 10.1. The van der Waals surface area contributed by atoms with Crippen LogP contribution < -0.4 is 5.32 Å². The third kappa shape index (κ3) is 5.88. The lowest BCUT2D eigenvalue weighted by atomic mass is 10.1. The van der Waals surface area contributed by atoms with Gasteiger partial charge in [0.25, 0.3) is 15.9 Å². The molecule has 10 nitrogen and oxygen atoms in total. The SMILES string of the molecule is O=C(O)NCC(Cc1ccccc1)N(O)C(=O)c1cc(Br)c(-c2ccnc3c2ccn3S(=O)(=O)c2ccccc2)s1. The fourth-order valence-corrected chi connectivity index (χ4v) is 7.57. The fourth-order valence-electron chi connectivity index (χ4n) is 4.39. The molecule has 0 fully saturated rings. The Morgan fingerprint density at radius 3 is 2.41 bits per heavy atom. The molecule has 0 saturated carbocycles. The summed E-state index contributed by atoms with van der Waals surface area (Å²) in [4.78, 5) is 29.8. The number of rotatable bonds is 9. The van der Waals surface area contributed by atoms with E-state index in [4.69, 9.17) is 5.11 Å². The highest BCUT2D eigenvalue weighted by atomic mass is 79.9. The first-order valence-corrected chi connectivity index (χ1v) is 15.3. The Bertz CT molecular complexity index is 1820. The molecule has 0 bridgehead atoms. The summed E-state index contributed by atoms with van der Waals surface area (Å²) in [6.45, 7) is -0.180. The van der Waals surface area contributed by atoms with E-state index in [1.165, 1.54) is 24.5 Å². The summed E-state index contributed by atoms with van der Waals surface area (Å²) in [6, 6.07) is 21.2. The predicted molar refractivity (Wildman–Crippen MR) is 158 cm³/mol. The summed E-state index contributed by atoms with van der Waals surface area (Å²) in [5.41, 5.74) is 1.69. The molecule has 5 rings (SSSR count). The standard InChI is InChI=1S/C28H23BrN4O6S2/c29-23-16-24(27(34)33(37)19(17-31-28(35)36)15-18-7-3-1-4-8-18)40-25(23)21-11-13-30-26-22(21)12-14-32(26)41(38,39)20-9-5-2-6-10-20/h1-14,16,19,31,37H,15,17H2,(H,35,36). The second kappa shape index (κ2) is 11.8. The van der Waals surface area contributed by atoms with Crippen molar-refractivity contribution >= 4 is 60.3 Å². The molecular weight excluding hydrogens is 632 g/mol. The minimum absolute atomic E-state index is 0.125. The molecule has 1 atom stereocenters. The first kappa shape index (κ1) is 28.5. The highest BCUT2D eigenvalue weighted by Gasteiger charge is 2.28. The average Bonchev–Trinajstić information content (AvgIpc) is 3.59. The number of thiophene rings is 1. The molecule has 210 valence electrons. The van der Waals surface area contributed by atoms with Crippen molar-refractivity contribution in [3.05, 3.63) is 106 Å². The number of carbonyl (C=O) groups is 2. The molecule has 5 aromatic rings. The second-order valence-corrected chi connectivity index (χ2v) is 12.7. The van der Waals surface area contributed by atoms with Gasteiger partial charge in [0, 0.05) is 34.4 Å². The molecule has 13 heteroatoms. The van der Waals surface area contributed by atoms with Crippen molar-refractivity contribution in [3.8, 4) is 10.4 Å². The van der Waals surface area contributed by atoms with Gasteiger partial charge in [-0.25, -0.2) is 27.2 Å². The summed E-state index contributed by atoms with van der Waals surface area (Å²) in [7, 11) is -3.89. The first-order chi connectivity index (χ1) is 19.7. The fraction of sp³-hybridized carbons (Fsp3) is 0.107. The normalized spacial score (nSPS) is 12.2. The Kier molecular flexibility index (Phi) is 8.22. The van der Waals surface area contributed by atoms with Crippen LogP contribution in [0.2, 0.25) is 0 Å². The van der Waals surface area contributed by atoms with Gasteiger partial charge < -0.3 is 10.4 Å². The van der Waals surface area contributed by atoms with E-state index in [0.717, 1.165) is 20.9 Å². The number of amides is 2. The largest absolute Gasteiger partial charge is 0.465 e. The van der Waals surface area contributed by atoms with Gasteiger partial charge in [0.15, 0.2) is 5.65 Å². The van der Waals surface area contributed by atoms with Crippen LogP contribution in [0.25, 0.3) is 21.5 Å². The monoisotopic (exact) mass is 654 g/mol. The van der Waals surface area contributed by atoms with E-state index >= 15 is 0 Å². The zero-order valence-electron chi connectivity index (χ0n) is 21.2. The van der Waals surface area contributed by atoms with Crippen LogP contribution in [0, 0.1) is 0 Å². The van der Waals surface area contributed by atoms with Crippen LogP contribution in [-0.2, 0) is 16.4 Å². The first-order valence-electron chi connectivity index (χ1n) is 12.3. The van der Waals surface area contributed by atoms with Crippen LogP contribution in [0.4, 0.5) is 4.79 Å². The number of carbonyl (C=O) groups excluding carboxylic acids is 1. The maximum Gasteiger partial charge on any atom is 0.404 e. The molecule has 3 heterocycles. The number of hydroxylamine groups is 2. The van der Waals surface area contributed by atoms with Crippen LogP contribution in [-0.4, -0.2) is 57.3 Å². The number of halogens is 1. The molecule has 3 N–H and O–H groups in total. The van der Waals surface area contributed by atoms with Gasteiger partial charge in [0.2, 0.25) is 0 Å². The van der Waals surface area contributed by atoms with E-state index in [1.54, 1.807) is 36.4 Å². The van der Waals surface area contributed by atoms with Crippen molar-refractivity contribution in [2.75, 3.05) is 6.54 Å². The molecule has 2 amide bonds. The number of aromatic nitrogens is 2. The molecule has 2 aromatic carbocycles. The van der Waals surface area contributed by atoms with Gasteiger partial charge >= 0.3 is 6.09 Å². The van der Waals surface area contributed by atoms with E-state index < -0.39 is 28.1 Å². The number of pyridine rings is 1. The minimum atomic E-state index is -3.89. The van der Waals surface area contributed by atoms with Gasteiger partial charge in [-0.05, 0) is 58.2 Å². The van der Waals surface area contributed by atoms with E-state index in [0.29, 0.717) is 25.4 Å². The molecule has 0 radical (unpaired) electrons. The molecular formula is C28H23BrN4O6S2. The average molecular weight is 656 g/mol. The van der Waals surface area contributed by atoms with Gasteiger partial charge in [-0.15, -0.1) is 11.3 Å². The van der Waals surface area contributed by atoms with Crippen LogP contribution >= 0.6 is 27.3 Å². The Morgan fingerprint density at radius 2 is 1.73 bits per heavy atom. The summed E-state index contributed by atoms with van der Waals surface area (Å²) in [6.07, 6.45) is 1.88. The molecule has 0 spiro atoms. The Hall–Kier alpha value is -4.04. The highest BCUT2D eigenvalue weighted by molar-refractivity contribution is 9.10. The number of hydrogen-bond donors (Lipinski definition) is 3. The second-order valence-electron chi connectivity index (χ2n) is 8.99. The van der Waals surface area contributed by atoms with Crippen molar-refractivity contribution in [2.45, 2.75) is 17.4 Å². The van der Waals surface area contributed by atoms with Crippen LogP contribution in [0.15, 0.2) is 101 Å². The summed E-state index contributed by atoms with van der Waals surface area (Å²) >= 11 is 4.61. The van der Waals surface area contributed by atoms with E-state index in [9.17, 15) is 23.2 Å². The minimum Gasteiger partial charge on any atom is -0.465 e. The maximum absolute atomic E-state index is 13.4. The Balaban J connectivity index is 1.47. The number of hydrogen-bond acceptors (Lipinski definition) is 7. The molecule has 0 aliphatic rings. The van der Waals surface area contributed by atoms with Crippen LogP contribution in [0.5, 0.6) is 0 Å². The molecule has 3 aromatic heterocycles. The van der Waals surface area contributed by atoms with E-state index in [2.05, 4.69) is 26.2 Å². The third-order valence-electron chi connectivity index (χ3n) is 6.35. The van der Waals surface area contributed by atoms with Gasteiger partial charge in [0.1, 0.15) is 0 Å². The van der Waals surface area contributed by atoms with Gasteiger partial charge in [-0.1, -0.05) is 48.5 Å². The number of carboxylic acid groups (broad SMARTS) is 1. The Morgan fingerprint density at radius 1 is 1.05 bits per heavy atom. The maximum atomic E-state index is 13.4.